The molecule has 0 unspecified atom stereocenters. The predicted molar refractivity (Wildman–Crippen MR) is 73.0 cm³/mol. The van der Waals surface area contributed by atoms with Crippen molar-refractivity contribution in [2.75, 3.05) is 0 Å². The van der Waals surface area contributed by atoms with Gasteiger partial charge in [0.15, 0.2) is 0 Å². The number of aromatic nitrogens is 1. The van der Waals surface area contributed by atoms with Crippen LogP contribution in [0.1, 0.15) is 17.5 Å². The van der Waals surface area contributed by atoms with Crippen molar-refractivity contribution in [1.82, 2.24) is 4.98 Å². The number of hydrogen-bond donors (Lipinski definition) is 0. The minimum atomic E-state index is 0.793. The van der Waals surface area contributed by atoms with Crippen molar-refractivity contribution in [2.45, 2.75) is 12.8 Å². The van der Waals surface area contributed by atoms with Crippen molar-refractivity contribution >= 4 is 17.7 Å². The van der Waals surface area contributed by atoms with Crippen LogP contribution >= 0.6 is 11.6 Å². The fourth-order valence-corrected chi connectivity index (χ4v) is 1.72. The van der Waals surface area contributed by atoms with Crippen molar-refractivity contribution in [3.05, 3.63) is 71.0 Å². The fourth-order valence-electron chi connectivity index (χ4n) is 1.60. The zero-order valence-electron chi connectivity index (χ0n) is 9.51. The van der Waals surface area contributed by atoms with E-state index in [0.29, 0.717) is 0 Å². The summed E-state index contributed by atoms with van der Waals surface area (Å²) in [7, 11) is 0. The van der Waals surface area contributed by atoms with E-state index in [1.807, 2.05) is 24.3 Å². The molecule has 0 saturated carbocycles. The van der Waals surface area contributed by atoms with Crippen LogP contribution < -0.4 is 0 Å². The summed E-state index contributed by atoms with van der Waals surface area (Å²) in [6, 6.07) is 12.0. The Balaban J connectivity index is 1.84. The maximum atomic E-state index is 5.83. The molecule has 2 rings (SSSR count). The summed E-state index contributed by atoms with van der Waals surface area (Å²) >= 11 is 5.83. The second-order valence-corrected chi connectivity index (χ2v) is 4.28. The number of nitrogens with zero attached hydrogens (tertiary/aromatic N) is 1. The molecule has 0 aliphatic heterocycles. The Kier molecular flexibility index (Phi) is 4.34. The molecule has 1 heterocycles. The van der Waals surface area contributed by atoms with Gasteiger partial charge < -0.3 is 0 Å². The van der Waals surface area contributed by atoms with Gasteiger partial charge in [-0.2, -0.15) is 0 Å². The van der Waals surface area contributed by atoms with Crippen LogP contribution in [0.3, 0.4) is 0 Å². The van der Waals surface area contributed by atoms with Gasteiger partial charge in [-0.1, -0.05) is 35.9 Å². The first-order valence-corrected chi connectivity index (χ1v) is 6.03. The number of benzene rings is 1. The van der Waals surface area contributed by atoms with Gasteiger partial charge in [0.2, 0.25) is 0 Å². The average molecular weight is 244 g/mol. The first-order chi connectivity index (χ1) is 8.34. The van der Waals surface area contributed by atoms with Gasteiger partial charge in [0.1, 0.15) is 0 Å². The maximum absolute atomic E-state index is 5.83. The van der Waals surface area contributed by atoms with Gasteiger partial charge in [-0.05, 0) is 48.2 Å². The summed E-state index contributed by atoms with van der Waals surface area (Å²) in [4.78, 5) is 3.98. The van der Waals surface area contributed by atoms with E-state index in [-0.39, 0.29) is 0 Å². The van der Waals surface area contributed by atoms with E-state index in [4.69, 9.17) is 11.6 Å². The minimum Gasteiger partial charge on any atom is -0.265 e. The molecule has 0 spiro atoms. The van der Waals surface area contributed by atoms with Crippen LogP contribution in [0, 0.1) is 0 Å². The second-order valence-electron chi connectivity index (χ2n) is 3.85. The number of aryl methyl sites for hydroxylation is 1. The molecule has 0 fully saturated rings. The van der Waals surface area contributed by atoms with Gasteiger partial charge in [0.25, 0.3) is 0 Å². The fraction of sp³-hybridized carbons (Fsp3) is 0.133. The predicted octanol–water partition coefficient (Wildman–Crippen LogP) is 4.38. The number of pyridine rings is 1. The highest BCUT2D eigenvalue weighted by Gasteiger charge is 1.91. The van der Waals surface area contributed by atoms with Gasteiger partial charge >= 0.3 is 0 Å². The standard InChI is InChI=1S/C15H14ClN/c16-15-7-5-13(6-8-15)3-1-2-4-14-9-11-17-12-10-14/h2,4-12H,1,3H2. The molecule has 0 saturated heterocycles. The second kappa shape index (κ2) is 6.21. The molecule has 0 amide bonds. The Hall–Kier alpha value is -1.60. The van der Waals surface area contributed by atoms with E-state index in [1.165, 1.54) is 11.1 Å². The van der Waals surface area contributed by atoms with Gasteiger partial charge in [-0.25, -0.2) is 0 Å². The van der Waals surface area contributed by atoms with Crippen molar-refractivity contribution in [2.24, 2.45) is 0 Å². The SMILES string of the molecule is Clc1ccc(CCC=Cc2ccncc2)cc1. The molecule has 0 aliphatic carbocycles. The number of hydrogen-bond acceptors (Lipinski definition) is 1. The summed E-state index contributed by atoms with van der Waals surface area (Å²) in [6.07, 6.45) is 9.99. The Morgan fingerprint density at radius 1 is 1.00 bits per heavy atom. The molecular formula is C15H14ClN. The zero-order valence-corrected chi connectivity index (χ0v) is 10.3. The van der Waals surface area contributed by atoms with Gasteiger partial charge in [-0.3, -0.25) is 4.98 Å². The number of allylic oxidation sites excluding steroid dienone is 1. The molecule has 86 valence electrons. The average Bonchev–Trinajstić information content (AvgIpc) is 2.38. The van der Waals surface area contributed by atoms with Crippen LogP contribution in [0.5, 0.6) is 0 Å². The Labute approximate surface area is 107 Å². The Morgan fingerprint density at radius 2 is 1.71 bits per heavy atom. The topological polar surface area (TPSA) is 12.9 Å². The lowest BCUT2D eigenvalue weighted by atomic mass is 10.1. The molecular weight excluding hydrogens is 230 g/mol. The van der Waals surface area contributed by atoms with Crippen LogP contribution in [0.15, 0.2) is 54.9 Å². The van der Waals surface area contributed by atoms with Crippen LogP contribution in [0.25, 0.3) is 6.08 Å². The van der Waals surface area contributed by atoms with Crippen molar-refractivity contribution < 1.29 is 0 Å². The summed E-state index contributed by atoms with van der Waals surface area (Å²) in [5.74, 6) is 0. The highest BCUT2D eigenvalue weighted by Crippen LogP contribution is 2.11. The highest BCUT2D eigenvalue weighted by molar-refractivity contribution is 6.30. The quantitative estimate of drug-likeness (QED) is 0.777. The monoisotopic (exact) mass is 243 g/mol. The van der Waals surface area contributed by atoms with Crippen molar-refractivity contribution in [3.8, 4) is 0 Å². The molecule has 0 atom stereocenters. The number of rotatable bonds is 4. The summed E-state index contributed by atoms with van der Waals surface area (Å²) in [6.45, 7) is 0. The lowest BCUT2D eigenvalue weighted by Crippen LogP contribution is -1.82. The first kappa shape index (κ1) is 11.9. The molecule has 2 heteroatoms. The third-order valence-electron chi connectivity index (χ3n) is 2.53. The molecule has 2 aromatic rings. The van der Waals surface area contributed by atoms with Crippen LogP contribution in [-0.4, -0.2) is 4.98 Å². The molecule has 0 N–H and O–H groups in total. The third-order valence-corrected chi connectivity index (χ3v) is 2.78. The molecule has 17 heavy (non-hydrogen) atoms. The van der Waals surface area contributed by atoms with Crippen LogP contribution in [0.2, 0.25) is 5.02 Å². The molecule has 0 bridgehead atoms. The zero-order chi connectivity index (χ0) is 11.9. The smallest absolute Gasteiger partial charge is 0.0406 e. The van der Waals surface area contributed by atoms with Crippen molar-refractivity contribution in [3.63, 3.8) is 0 Å². The third kappa shape index (κ3) is 4.04. The van der Waals surface area contributed by atoms with Gasteiger partial charge in [0.05, 0.1) is 0 Å². The Morgan fingerprint density at radius 3 is 2.41 bits per heavy atom. The van der Waals surface area contributed by atoms with E-state index >= 15 is 0 Å². The van der Waals surface area contributed by atoms with E-state index in [2.05, 4.69) is 29.3 Å². The number of halogens is 1. The maximum Gasteiger partial charge on any atom is 0.0406 e. The lowest BCUT2D eigenvalue weighted by molar-refractivity contribution is 1.01. The summed E-state index contributed by atoms with van der Waals surface area (Å²) < 4.78 is 0. The first-order valence-electron chi connectivity index (χ1n) is 5.65. The highest BCUT2D eigenvalue weighted by atomic mass is 35.5. The molecule has 1 nitrogen and oxygen atoms in total. The van der Waals surface area contributed by atoms with Crippen LogP contribution in [0.4, 0.5) is 0 Å². The Bertz CT molecular complexity index is 474. The molecule has 0 radical (unpaired) electrons. The molecule has 1 aromatic carbocycles. The van der Waals surface area contributed by atoms with Crippen molar-refractivity contribution in [1.29, 1.82) is 0 Å². The van der Waals surface area contributed by atoms with E-state index in [0.717, 1.165) is 17.9 Å². The van der Waals surface area contributed by atoms with Gasteiger partial charge in [0, 0.05) is 17.4 Å². The lowest BCUT2D eigenvalue weighted by Gasteiger charge is -1.98. The van der Waals surface area contributed by atoms with E-state index < -0.39 is 0 Å². The van der Waals surface area contributed by atoms with E-state index in [9.17, 15) is 0 Å². The normalized spacial score (nSPS) is 10.9. The summed E-state index contributed by atoms with van der Waals surface area (Å²) in [5.41, 5.74) is 2.50. The molecule has 1 aromatic heterocycles. The minimum absolute atomic E-state index is 0.793. The van der Waals surface area contributed by atoms with Gasteiger partial charge in [-0.15, -0.1) is 0 Å². The molecule has 0 aliphatic rings. The van der Waals surface area contributed by atoms with Crippen LogP contribution in [-0.2, 0) is 6.42 Å². The summed E-state index contributed by atoms with van der Waals surface area (Å²) in [5, 5.41) is 0.793. The van der Waals surface area contributed by atoms with E-state index in [1.54, 1.807) is 12.4 Å². The largest absolute Gasteiger partial charge is 0.265 e.